The summed E-state index contributed by atoms with van der Waals surface area (Å²) in [5.41, 5.74) is 0.955. The Hall–Kier alpha value is -1.93. The second-order valence-electron chi connectivity index (χ2n) is 3.84. The van der Waals surface area contributed by atoms with Crippen molar-refractivity contribution < 1.29 is 9.53 Å². The van der Waals surface area contributed by atoms with E-state index >= 15 is 0 Å². The zero-order valence-electron chi connectivity index (χ0n) is 9.92. The quantitative estimate of drug-likeness (QED) is 0.793. The molecular weight excluding hydrogens is 248 g/mol. The molecule has 0 amide bonds. The van der Waals surface area contributed by atoms with Crippen LogP contribution >= 0.6 is 11.3 Å². The number of carbonyl (C=O) groups excluding carboxylic acids is 1. The highest BCUT2D eigenvalue weighted by Gasteiger charge is 2.10. The van der Waals surface area contributed by atoms with Crippen molar-refractivity contribution >= 4 is 27.5 Å². The van der Waals surface area contributed by atoms with Crippen molar-refractivity contribution in [1.82, 2.24) is 4.98 Å². The number of aryl methyl sites for hydroxylation is 1. The van der Waals surface area contributed by atoms with Crippen LogP contribution in [0.4, 0.5) is 0 Å². The summed E-state index contributed by atoms with van der Waals surface area (Å²) in [4.78, 5) is 15.8. The maximum absolute atomic E-state index is 11.4. The summed E-state index contributed by atoms with van der Waals surface area (Å²) in [6, 6.07) is 9.72. The molecule has 0 aliphatic heterocycles. The molecule has 0 bridgehead atoms. The lowest BCUT2D eigenvalue weighted by molar-refractivity contribution is -0.145. The van der Waals surface area contributed by atoms with Crippen molar-refractivity contribution in [3.05, 3.63) is 29.3 Å². The van der Waals surface area contributed by atoms with Gasteiger partial charge in [0.05, 0.1) is 21.6 Å². The molecule has 0 aliphatic carbocycles. The smallest absolute Gasteiger partial charge is 0.307 e. The second kappa shape index (κ2) is 5.61. The van der Waals surface area contributed by atoms with Gasteiger partial charge in [-0.1, -0.05) is 12.1 Å². The number of carbonyl (C=O) groups is 1. The number of benzene rings is 1. The molecule has 18 heavy (non-hydrogen) atoms. The third kappa shape index (κ3) is 3.05. The van der Waals surface area contributed by atoms with Gasteiger partial charge in [0.25, 0.3) is 0 Å². The van der Waals surface area contributed by atoms with Crippen LogP contribution in [-0.4, -0.2) is 17.1 Å². The van der Waals surface area contributed by atoms with Gasteiger partial charge in [0.2, 0.25) is 0 Å². The van der Waals surface area contributed by atoms with Gasteiger partial charge in [-0.3, -0.25) is 4.79 Å². The first-order valence-electron chi connectivity index (χ1n) is 5.62. The molecule has 2 aromatic rings. The standard InChI is InChI=1S/C13H12N2O2S/c1-9(8-14)17-13(16)7-6-12-15-10-4-2-3-5-11(10)18-12/h2-5,9H,6-7H2,1H3. The van der Waals surface area contributed by atoms with Crippen LogP contribution < -0.4 is 0 Å². The van der Waals surface area contributed by atoms with E-state index in [2.05, 4.69) is 4.98 Å². The molecule has 5 heteroatoms. The van der Waals surface area contributed by atoms with E-state index in [1.807, 2.05) is 30.3 Å². The highest BCUT2D eigenvalue weighted by atomic mass is 32.1. The number of aromatic nitrogens is 1. The van der Waals surface area contributed by atoms with Gasteiger partial charge in [-0.05, 0) is 19.1 Å². The number of thiazole rings is 1. The van der Waals surface area contributed by atoms with Gasteiger partial charge in [0.15, 0.2) is 6.10 Å². The predicted molar refractivity (Wildman–Crippen MR) is 69.1 cm³/mol. The van der Waals surface area contributed by atoms with Gasteiger partial charge in [-0.2, -0.15) is 5.26 Å². The first kappa shape index (κ1) is 12.5. The summed E-state index contributed by atoms with van der Waals surface area (Å²) < 4.78 is 5.99. The van der Waals surface area contributed by atoms with Gasteiger partial charge in [0.1, 0.15) is 6.07 Å². The number of fused-ring (bicyclic) bond motifs is 1. The Balaban J connectivity index is 1.94. The van der Waals surface area contributed by atoms with Crippen LogP contribution in [0, 0.1) is 11.3 Å². The van der Waals surface area contributed by atoms with E-state index in [9.17, 15) is 4.79 Å². The molecule has 92 valence electrons. The first-order chi connectivity index (χ1) is 8.69. The van der Waals surface area contributed by atoms with Crippen LogP contribution in [0.3, 0.4) is 0 Å². The third-order valence-corrected chi connectivity index (χ3v) is 3.47. The summed E-state index contributed by atoms with van der Waals surface area (Å²) in [5.74, 6) is -0.358. The normalized spacial score (nSPS) is 12.0. The zero-order valence-corrected chi connectivity index (χ0v) is 10.7. The molecule has 0 saturated heterocycles. The summed E-state index contributed by atoms with van der Waals surface area (Å²) in [6.07, 6.45) is 0.121. The second-order valence-corrected chi connectivity index (χ2v) is 4.95. The summed E-state index contributed by atoms with van der Waals surface area (Å²) in [6.45, 7) is 1.55. The van der Waals surface area contributed by atoms with E-state index in [1.54, 1.807) is 18.3 Å². The van der Waals surface area contributed by atoms with E-state index < -0.39 is 6.10 Å². The van der Waals surface area contributed by atoms with Gasteiger partial charge >= 0.3 is 5.97 Å². The van der Waals surface area contributed by atoms with Crippen LogP contribution in [0.5, 0.6) is 0 Å². The van der Waals surface area contributed by atoms with Crippen molar-refractivity contribution in [2.45, 2.75) is 25.9 Å². The lowest BCUT2D eigenvalue weighted by Gasteiger charge is -2.04. The Kier molecular flexibility index (Phi) is 3.90. The largest absolute Gasteiger partial charge is 0.447 e. The lowest BCUT2D eigenvalue weighted by Crippen LogP contribution is -2.13. The molecule has 1 unspecified atom stereocenters. The highest BCUT2D eigenvalue weighted by molar-refractivity contribution is 7.18. The molecule has 2 rings (SSSR count). The zero-order chi connectivity index (χ0) is 13.0. The van der Waals surface area contributed by atoms with Crippen molar-refractivity contribution in [2.24, 2.45) is 0 Å². The van der Waals surface area contributed by atoms with E-state index in [0.717, 1.165) is 15.2 Å². The monoisotopic (exact) mass is 260 g/mol. The number of hydrogen-bond donors (Lipinski definition) is 0. The molecule has 0 aliphatic rings. The minimum absolute atomic E-state index is 0.256. The summed E-state index contributed by atoms with van der Waals surface area (Å²) in [5, 5.41) is 9.44. The molecule has 0 spiro atoms. The Morgan fingerprint density at radius 3 is 3.06 bits per heavy atom. The van der Waals surface area contributed by atoms with Gasteiger partial charge in [-0.25, -0.2) is 4.98 Å². The van der Waals surface area contributed by atoms with Crippen LogP contribution in [0.1, 0.15) is 18.4 Å². The first-order valence-corrected chi connectivity index (χ1v) is 6.44. The number of ether oxygens (including phenoxy) is 1. The molecule has 0 fully saturated rings. The molecule has 0 radical (unpaired) electrons. The average molecular weight is 260 g/mol. The van der Waals surface area contributed by atoms with Crippen LogP contribution in [0.15, 0.2) is 24.3 Å². The van der Waals surface area contributed by atoms with Crippen molar-refractivity contribution in [1.29, 1.82) is 5.26 Å². The molecule has 0 N–H and O–H groups in total. The number of esters is 1. The Morgan fingerprint density at radius 1 is 1.56 bits per heavy atom. The molecular formula is C13H12N2O2S. The van der Waals surface area contributed by atoms with E-state index in [-0.39, 0.29) is 12.4 Å². The van der Waals surface area contributed by atoms with E-state index in [4.69, 9.17) is 10.00 Å². The van der Waals surface area contributed by atoms with E-state index in [1.165, 1.54) is 0 Å². The molecule has 1 heterocycles. The van der Waals surface area contributed by atoms with E-state index in [0.29, 0.717) is 6.42 Å². The van der Waals surface area contributed by atoms with Crippen molar-refractivity contribution in [3.8, 4) is 6.07 Å². The molecule has 0 saturated carbocycles. The summed E-state index contributed by atoms with van der Waals surface area (Å²) in [7, 11) is 0. The number of nitriles is 1. The van der Waals surface area contributed by atoms with Crippen molar-refractivity contribution in [2.75, 3.05) is 0 Å². The predicted octanol–water partition coefficient (Wildman–Crippen LogP) is 2.68. The highest BCUT2D eigenvalue weighted by Crippen LogP contribution is 2.22. The topological polar surface area (TPSA) is 63.0 Å². The minimum Gasteiger partial charge on any atom is -0.447 e. The number of nitrogens with zero attached hydrogens (tertiary/aromatic N) is 2. The Labute approximate surface area is 109 Å². The fraction of sp³-hybridized carbons (Fsp3) is 0.308. The third-order valence-electron chi connectivity index (χ3n) is 2.37. The Morgan fingerprint density at radius 2 is 2.33 bits per heavy atom. The van der Waals surface area contributed by atoms with Crippen LogP contribution in [0.2, 0.25) is 0 Å². The fourth-order valence-corrected chi connectivity index (χ4v) is 2.49. The average Bonchev–Trinajstić information content (AvgIpc) is 2.79. The van der Waals surface area contributed by atoms with Crippen LogP contribution in [-0.2, 0) is 16.0 Å². The lowest BCUT2D eigenvalue weighted by atomic mass is 10.3. The van der Waals surface area contributed by atoms with Gasteiger partial charge in [-0.15, -0.1) is 11.3 Å². The number of para-hydroxylation sites is 1. The van der Waals surface area contributed by atoms with Crippen molar-refractivity contribution in [3.63, 3.8) is 0 Å². The van der Waals surface area contributed by atoms with Gasteiger partial charge in [0, 0.05) is 6.42 Å². The maximum atomic E-state index is 11.4. The molecule has 4 nitrogen and oxygen atoms in total. The maximum Gasteiger partial charge on any atom is 0.307 e. The van der Waals surface area contributed by atoms with Gasteiger partial charge < -0.3 is 4.74 Å². The molecule has 1 atom stereocenters. The number of hydrogen-bond acceptors (Lipinski definition) is 5. The Bertz CT molecular complexity index is 567. The fourth-order valence-electron chi connectivity index (χ4n) is 1.52. The minimum atomic E-state index is -0.687. The SMILES string of the molecule is CC(C#N)OC(=O)CCc1nc2ccccc2s1. The summed E-state index contributed by atoms with van der Waals surface area (Å²) >= 11 is 1.58. The molecule has 1 aromatic heterocycles. The number of rotatable bonds is 4. The molecule has 1 aromatic carbocycles. The van der Waals surface area contributed by atoms with Crippen LogP contribution in [0.25, 0.3) is 10.2 Å².